The van der Waals surface area contributed by atoms with Gasteiger partial charge in [-0.2, -0.15) is 29.9 Å². The standard InChI is InChI=1S/C22H14Cl4N8O4/c1-37-15(35)13-7-9(27-21-31-17(23)29-18(24)32-21)3-5-11(13)12-6-4-10(8-14(12)16(36)38-2)28-22-33-19(25)30-20(26)34-22/h3-8H,1-2H3,(H,27,29,31,32)(H,28,30,33,34). The molecule has 0 bridgehead atoms. The fraction of sp³-hybridized carbons (Fsp3) is 0.0909. The lowest BCUT2D eigenvalue weighted by molar-refractivity contribution is 0.0590. The number of benzene rings is 2. The van der Waals surface area contributed by atoms with E-state index in [1.54, 1.807) is 24.3 Å². The Balaban J connectivity index is 1.77. The molecule has 0 aliphatic rings. The summed E-state index contributed by atoms with van der Waals surface area (Å²) < 4.78 is 9.94. The van der Waals surface area contributed by atoms with Crippen molar-refractivity contribution in [2.24, 2.45) is 0 Å². The normalized spacial score (nSPS) is 10.6. The molecule has 0 saturated carbocycles. The van der Waals surface area contributed by atoms with E-state index in [2.05, 4.69) is 40.5 Å². The molecule has 0 atom stereocenters. The molecule has 4 aromatic rings. The molecule has 2 N–H and O–H groups in total. The highest BCUT2D eigenvalue weighted by molar-refractivity contribution is 6.31. The van der Waals surface area contributed by atoms with E-state index in [0.717, 1.165) is 0 Å². The number of esters is 2. The molecule has 194 valence electrons. The SMILES string of the molecule is COC(=O)c1cc(Nc2nc(Cl)nc(Cl)n2)ccc1-c1ccc(Nc2nc(Cl)nc(Cl)n2)cc1C(=O)OC. The van der Waals surface area contributed by atoms with E-state index in [4.69, 9.17) is 55.9 Å². The van der Waals surface area contributed by atoms with Crippen LogP contribution < -0.4 is 10.6 Å². The molecule has 2 aromatic carbocycles. The molecule has 0 fully saturated rings. The Bertz CT molecular complexity index is 1400. The molecular formula is C22H14Cl4N8O4. The molecule has 0 saturated heterocycles. The van der Waals surface area contributed by atoms with Gasteiger partial charge in [-0.25, -0.2) is 9.59 Å². The van der Waals surface area contributed by atoms with E-state index >= 15 is 0 Å². The predicted molar refractivity (Wildman–Crippen MR) is 141 cm³/mol. The van der Waals surface area contributed by atoms with Crippen molar-refractivity contribution in [3.05, 3.63) is 68.7 Å². The minimum absolute atomic E-state index is 0.0581. The number of ether oxygens (including phenoxy) is 2. The van der Waals surface area contributed by atoms with Crippen LogP contribution in [-0.2, 0) is 9.47 Å². The number of nitrogens with one attached hydrogen (secondary N) is 2. The van der Waals surface area contributed by atoms with Crippen molar-refractivity contribution in [1.29, 1.82) is 0 Å². The summed E-state index contributed by atoms with van der Waals surface area (Å²) >= 11 is 23.3. The van der Waals surface area contributed by atoms with E-state index in [1.807, 2.05) is 0 Å². The van der Waals surface area contributed by atoms with Crippen molar-refractivity contribution in [2.75, 3.05) is 24.9 Å². The van der Waals surface area contributed by atoms with E-state index in [1.165, 1.54) is 26.4 Å². The number of nitrogens with zero attached hydrogens (tertiary/aromatic N) is 6. The Kier molecular flexibility index (Phi) is 8.37. The van der Waals surface area contributed by atoms with Crippen LogP contribution in [0.2, 0.25) is 21.1 Å². The van der Waals surface area contributed by atoms with Crippen LogP contribution in [0.15, 0.2) is 36.4 Å². The smallest absolute Gasteiger partial charge is 0.338 e. The van der Waals surface area contributed by atoms with Gasteiger partial charge in [0, 0.05) is 11.4 Å². The zero-order valence-corrected chi connectivity index (χ0v) is 22.3. The molecule has 2 heterocycles. The van der Waals surface area contributed by atoms with Gasteiger partial charge in [0.1, 0.15) is 0 Å². The van der Waals surface area contributed by atoms with E-state index in [0.29, 0.717) is 22.5 Å². The molecule has 0 unspecified atom stereocenters. The monoisotopic (exact) mass is 594 g/mol. The molecular weight excluding hydrogens is 582 g/mol. The third-order valence-electron chi connectivity index (χ3n) is 4.81. The van der Waals surface area contributed by atoms with Gasteiger partial charge in [-0.3, -0.25) is 0 Å². The number of rotatable bonds is 7. The lowest BCUT2D eigenvalue weighted by Crippen LogP contribution is -2.09. The maximum absolute atomic E-state index is 12.7. The third-order valence-corrected chi connectivity index (χ3v) is 5.49. The molecule has 16 heteroatoms. The van der Waals surface area contributed by atoms with E-state index < -0.39 is 11.9 Å². The number of halogens is 4. The first-order valence-electron chi connectivity index (χ1n) is 10.3. The van der Waals surface area contributed by atoms with Crippen LogP contribution >= 0.6 is 46.4 Å². The quantitative estimate of drug-likeness (QED) is 0.263. The van der Waals surface area contributed by atoms with Crippen LogP contribution in [0.4, 0.5) is 23.3 Å². The number of carbonyl (C=O) groups excluding carboxylic acids is 2. The summed E-state index contributed by atoms with van der Waals surface area (Å²) in [6.45, 7) is 0. The van der Waals surface area contributed by atoms with Crippen molar-refractivity contribution in [1.82, 2.24) is 29.9 Å². The first kappa shape index (κ1) is 27.2. The van der Waals surface area contributed by atoms with Crippen molar-refractivity contribution in [3.8, 4) is 11.1 Å². The Morgan fingerprint density at radius 1 is 0.605 bits per heavy atom. The lowest BCUT2D eigenvalue weighted by atomic mass is 9.94. The van der Waals surface area contributed by atoms with Gasteiger partial charge in [0.2, 0.25) is 33.0 Å². The second-order valence-corrected chi connectivity index (χ2v) is 8.50. The zero-order valence-electron chi connectivity index (χ0n) is 19.3. The topological polar surface area (TPSA) is 154 Å². The molecule has 0 amide bonds. The predicted octanol–water partition coefficient (Wildman–Crippen LogP) is 5.40. The summed E-state index contributed by atoms with van der Waals surface area (Å²) in [7, 11) is 2.47. The summed E-state index contributed by atoms with van der Waals surface area (Å²) in [5, 5.41) is 5.33. The minimum atomic E-state index is -0.664. The first-order valence-corrected chi connectivity index (χ1v) is 11.8. The molecule has 0 spiro atoms. The van der Waals surface area contributed by atoms with Gasteiger partial charge in [0.15, 0.2) is 0 Å². The fourth-order valence-electron chi connectivity index (χ4n) is 3.29. The lowest BCUT2D eigenvalue weighted by Gasteiger charge is -2.15. The number of methoxy groups -OCH3 is 2. The van der Waals surface area contributed by atoms with Crippen LogP contribution in [-0.4, -0.2) is 56.1 Å². The third kappa shape index (κ3) is 6.34. The first-order chi connectivity index (χ1) is 18.2. The summed E-state index contributed by atoms with van der Waals surface area (Å²) in [6, 6.07) is 9.48. The Labute approximate surface area is 234 Å². The molecule has 12 nitrogen and oxygen atoms in total. The number of hydrogen-bond donors (Lipinski definition) is 2. The van der Waals surface area contributed by atoms with Crippen molar-refractivity contribution >= 4 is 81.6 Å². The van der Waals surface area contributed by atoms with Gasteiger partial charge in [-0.05, 0) is 81.8 Å². The van der Waals surface area contributed by atoms with Crippen molar-refractivity contribution in [3.63, 3.8) is 0 Å². The highest BCUT2D eigenvalue weighted by Crippen LogP contribution is 2.33. The number of anilines is 4. The van der Waals surface area contributed by atoms with Crippen LogP contribution in [0, 0.1) is 0 Å². The summed E-state index contributed by atoms with van der Waals surface area (Å²) in [6.07, 6.45) is 0. The van der Waals surface area contributed by atoms with Gasteiger partial charge in [-0.1, -0.05) is 12.1 Å². The highest BCUT2D eigenvalue weighted by Gasteiger charge is 2.21. The van der Waals surface area contributed by atoms with Gasteiger partial charge in [-0.15, -0.1) is 0 Å². The molecule has 4 rings (SSSR count). The second kappa shape index (κ2) is 11.7. The maximum Gasteiger partial charge on any atom is 0.338 e. The molecule has 38 heavy (non-hydrogen) atoms. The summed E-state index contributed by atoms with van der Waals surface area (Å²) in [4.78, 5) is 48.6. The molecule has 2 aromatic heterocycles. The van der Waals surface area contributed by atoms with E-state index in [9.17, 15) is 9.59 Å². The number of carbonyl (C=O) groups is 2. The number of aromatic nitrogens is 6. The van der Waals surface area contributed by atoms with Crippen LogP contribution in [0.25, 0.3) is 11.1 Å². The second-order valence-electron chi connectivity index (χ2n) is 7.15. The Morgan fingerprint density at radius 2 is 0.947 bits per heavy atom. The zero-order chi connectivity index (χ0) is 27.4. The molecule has 0 radical (unpaired) electrons. The Hall–Kier alpha value is -3.84. The van der Waals surface area contributed by atoms with Gasteiger partial charge >= 0.3 is 11.9 Å². The molecule has 0 aliphatic heterocycles. The van der Waals surface area contributed by atoms with Gasteiger partial charge in [0.25, 0.3) is 0 Å². The van der Waals surface area contributed by atoms with Gasteiger partial charge in [0.05, 0.1) is 25.3 Å². The van der Waals surface area contributed by atoms with Crippen molar-refractivity contribution < 1.29 is 19.1 Å². The van der Waals surface area contributed by atoms with Gasteiger partial charge < -0.3 is 20.1 Å². The van der Waals surface area contributed by atoms with Crippen LogP contribution in [0.3, 0.4) is 0 Å². The average Bonchev–Trinajstić information content (AvgIpc) is 2.86. The average molecular weight is 596 g/mol. The van der Waals surface area contributed by atoms with Crippen molar-refractivity contribution in [2.45, 2.75) is 0 Å². The largest absolute Gasteiger partial charge is 0.465 e. The Morgan fingerprint density at radius 3 is 1.26 bits per heavy atom. The van der Waals surface area contributed by atoms with Crippen LogP contribution in [0.1, 0.15) is 20.7 Å². The summed E-state index contributed by atoms with van der Waals surface area (Å²) in [5.74, 6) is -1.21. The van der Waals surface area contributed by atoms with Crippen LogP contribution in [0.5, 0.6) is 0 Å². The summed E-state index contributed by atoms with van der Waals surface area (Å²) in [5.41, 5.74) is 1.85. The minimum Gasteiger partial charge on any atom is -0.465 e. The molecule has 0 aliphatic carbocycles. The highest BCUT2D eigenvalue weighted by atomic mass is 35.5. The van der Waals surface area contributed by atoms with E-state index in [-0.39, 0.29) is 44.2 Å². The number of hydrogen-bond acceptors (Lipinski definition) is 12. The maximum atomic E-state index is 12.7. The fourth-order valence-corrected chi connectivity index (χ4v) is 4.02.